The van der Waals surface area contributed by atoms with E-state index in [1.54, 1.807) is 0 Å². The van der Waals surface area contributed by atoms with E-state index in [4.69, 9.17) is 4.74 Å². The first kappa shape index (κ1) is 14.4. The number of aliphatic hydroxyl groups excluding tert-OH is 1. The SMILES string of the molecule is OC(CNCC1CCCOC1)c1cc(F)ccc1F. The second kappa shape index (κ2) is 6.93. The summed E-state index contributed by atoms with van der Waals surface area (Å²) in [6.45, 7) is 2.45. The Morgan fingerprint density at radius 2 is 2.26 bits per heavy atom. The van der Waals surface area contributed by atoms with Gasteiger partial charge in [-0.2, -0.15) is 0 Å². The second-order valence-corrected chi connectivity index (χ2v) is 4.92. The highest BCUT2D eigenvalue weighted by atomic mass is 19.1. The average molecular weight is 271 g/mol. The number of rotatable bonds is 5. The van der Waals surface area contributed by atoms with Crippen LogP contribution in [0.25, 0.3) is 0 Å². The molecule has 1 fully saturated rings. The quantitative estimate of drug-likeness (QED) is 0.861. The molecule has 1 aromatic carbocycles. The lowest BCUT2D eigenvalue weighted by Gasteiger charge is -2.23. The number of ether oxygens (including phenoxy) is 1. The van der Waals surface area contributed by atoms with Crippen molar-refractivity contribution in [3.05, 3.63) is 35.4 Å². The molecule has 2 unspecified atom stereocenters. The van der Waals surface area contributed by atoms with Gasteiger partial charge in [0.25, 0.3) is 0 Å². The van der Waals surface area contributed by atoms with Crippen LogP contribution in [0.1, 0.15) is 24.5 Å². The first-order chi connectivity index (χ1) is 9.16. The van der Waals surface area contributed by atoms with Gasteiger partial charge < -0.3 is 15.2 Å². The Morgan fingerprint density at radius 3 is 3.00 bits per heavy atom. The van der Waals surface area contributed by atoms with Crippen molar-refractivity contribution < 1.29 is 18.6 Å². The van der Waals surface area contributed by atoms with Crippen LogP contribution in [0, 0.1) is 17.6 Å². The Labute approximate surface area is 111 Å². The molecule has 1 aliphatic heterocycles. The summed E-state index contributed by atoms with van der Waals surface area (Å²) in [4.78, 5) is 0. The normalized spacial score (nSPS) is 21.3. The molecule has 2 N–H and O–H groups in total. The lowest BCUT2D eigenvalue weighted by Crippen LogP contribution is -2.31. The van der Waals surface area contributed by atoms with Crippen molar-refractivity contribution in [3.8, 4) is 0 Å². The molecule has 0 radical (unpaired) electrons. The molecule has 0 aliphatic carbocycles. The largest absolute Gasteiger partial charge is 0.387 e. The summed E-state index contributed by atoms with van der Waals surface area (Å²) in [5.74, 6) is -0.703. The van der Waals surface area contributed by atoms with Gasteiger partial charge in [0.2, 0.25) is 0 Å². The molecule has 19 heavy (non-hydrogen) atoms. The number of halogens is 2. The zero-order valence-corrected chi connectivity index (χ0v) is 10.7. The van der Waals surface area contributed by atoms with Crippen molar-refractivity contribution >= 4 is 0 Å². The number of hydrogen-bond donors (Lipinski definition) is 2. The molecule has 2 rings (SSSR count). The highest BCUT2D eigenvalue weighted by Gasteiger charge is 2.16. The third-order valence-electron chi connectivity index (χ3n) is 3.34. The van der Waals surface area contributed by atoms with Gasteiger partial charge in [0.05, 0.1) is 12.7 Å². The van der Waals surface area contributed by atoms with Crippen LogP contribution in [0.5, 0.6) is 0 Å². The number of aliphatic hydroxyl groups is 1. The molecule has 0 amide bonds. The van der Waals surface area contributed by atoms with E-state index in [2.05, 4.69) is 5.32 Å². The molecule has 2 atom stereocenters. The summed E-state index contributed by atoms with van der Waals surface area (Å²) in [5, 5.41) is 12.9. The Kier molecular flexibility index (Phi) is 5.24. The molecular weight excluding hydrogens is 252 g/mol. The van der Waals surface area contributed by atoms with Gasteiger partial charge in [0.15, 0.2) is 0 Å². The zero-order chi connectivity index (χ0) is 13.7. The first-order valence-electron chi connectivity index (χ1n) is 6.58. The minimum atomic E-state index is -1.04. The standard InChI is InChI=1S/C14H19F2NO2/c15-11-3-4-13(16)12(6-11)14(18)8-17-7-10-2-1-5-19-9-10/h3-4,6,10,14,17-18H,1-2,5,7-9H2. The maximum absolute atomic E-state index is 13.4. The van der Waals surface area contributed by atoms with E-state index >= 15 is 0 Å². The molecule has 0 saturated carbocycles. The van der Waals surface area contributed by atoms with Crippen LogP contribution in [0.3, 0.4) is 0 Å². The molecule has 0 bridgehead atoms. The Balaban J connectivity index is 1.80. The Bertz CT molecular complexity index is 408. The molecule has 5 heteroatoms. The van der Waals surface area contributed by atoms with Crippen molar-refractivity contribution in [2.24, 2.45) is 5.92 Å². The minimum absolute atomic E-state index is 0.00704. The van der Waals surface area contributed by atoms with Crippen molar-refractivity contribution in [2.75, 3.05) is 26.3 Å². The second-order valence-electron chi connectivity index (χ2n) is 4.92. The summed E-state index contributed by atoms with van der Waals surface area (Å²) in [5.41, 5.74) is -0.00704. The van der Waals surface area contributed by atoms with E-state index in [9.17, 15) is 13.9 Å². The van der Waals surface area contributed by atoms with Crippen molar-refractivity contribution in [1.82, 2.24) is 5.32 Å². The average Bonchev–Trinajstić information content (AvgIpc) is 2.42. The van der Waals surface area contributed by atoms with Gasteiger partial charge in [-0.3, -0.25) is 0 Å². The van der Waals surface area contributed by atoms with Gasteiger partial charge in [-0.05, 0) is 37.0 Å². The molecule has 106 valence electrons. The fourth-order valence-corrected chi connectivity index (χ4v) is 2.27. The fourth-order valence-electron chi connectivity index (χ4n) is 2.27. The minimum Gasteiger partial charge on any atom is -0.387 e. The van der Waals surface area contributed by atoms with Gasteiger partial charge in [-0.25, -0.2) is 8.78 Å². The lowest BCUT2D eigenvalue weighted by molar-refractivity contribution is 0.0531. The van der Waals surface area contributed by atoms with E-state index in [0.717, 1.165) is 44.3 Å². The predicted molar refractivity (Wildman–Crippen MR) is 67.7 cm³/mol. The summed E-state index contributed by atoms with van der Waals surface area (Å²) >= 11 is 0. The van der Waals surface area contributed by atoms with Crippen LogP contribution in [-0.4, -0.2) is 31.4 Å². The lowest BCUT2D eigenvalue weighted by atomic mass is 10.0. The monoisotopic (exact) mass is 271 g/mol. The Hall–Kier alpha value is -1.04. The van der Waals surface area contributed by atoms with E-state index in [0.29, 0.717) is 12.5 Å². The van der Waals surface area contributed by atoms with Crippen LogP contribution >= 0.6 is 0 Å². The fraction of sp³-hybridized carbons (Fsp3) is 0.571. The third kappa shape index (κ3) is 4.23. The molecule has 1 heterocycles. The maximum Gasteiger partial charge on any atom is 0.129 e. The van der Waals surface area contributed by atoms with Crippen molar-refractivity contribution in [3.63, 3.8) is 0 Å². The van der Waals surface area contributed by atoms with Gasteiger partial charge in [0.1, 0.15) is 11.6 Å². The van der Waals surface area contributed by atoms with Crippen molar-refractivity contribution in [2.45, 2.75) is 18.9 Å². The van der Waals surface area contributed by atoms with Gasteiger partial charge in [-0.15, -0.1) is 0 Å². The van der Waals surface area contributed by atoms with Crippen LogP contribution in [0.2, 0.25) is 0 Å². The molecular formula is C14H19F2NO2. The van der Waals surface area contributed by atoms with E-state index in [-0.39, 0.29) is 12.1 Å². The van der Waals surface area contributed by atoms with E-state index in [1.165, 1.54) is 0 Å². The third-order valence-corrected chi connectivity index (χ3v) is 3.34. The first-order valence-corrected chi connectivity index (χ1v) is 6.58. The molecule has 0 aromatic heterocycles. The maximum atomic E-state index is 13.4. The zero-order valence-electron chi connectivity index (χ0n) is 10.7. The predicted octanol–water partition coefficient (Wildman–Crippen LogP) is 2.01. The summed E-state index contributed by atoms with van der Waals surface area (Å²) in [6, 6.07) is 3.10. The molecule has 3 nitrogen and oxygen atoms in total. The summed E-state index contributed by atoms with van der Waals surface area (Å²) < 4.78 is 31.8. The van der Waals surface area contributed by atoms with Crippen LogP contribution in [-0.2, 0) is 4.74 Å². The van der Waals surface area contributed by atoms with Crippen molar-refractivity contribution in [1.29, 1.82) is 0 Å². The number of benzene rings is 1. The van der Waals surface area contributed by atoms with Crippen LogP contribution < -0.4 is 5.32 Å². The molecule has 0 spiro atoms. The number of hydrogen-bond acceptors (Lipinski definition) is 3. The van der Waals surface area contributed by atoms with Crippen LogP contribution in [0.4, 0.5) is 8.78 Å². The summed E-state index contributed by atoms with van der Waals surface area (Å²) in [6.07, 6.45) is 1.10. The van der Waals surface area contributed by atoms with Crippen LogP contribution in [0.15, 0.2) is 18.2 Å². The smallest absolute Gasteiger partial charge is 0.129 e. The van der Waals surface area contributed by atoms with Gasteiger partial charge in [-0.1, -0.05) is 0 Å². The summed E-state index contributed by atoms with van der Waals surface area (Å²) in [7, 11) is 0. The molecule has 1 aromatic rings. The van der Waals surface area contributed by atoms with Gasteiger partial charge in [0, 0.05) is 25.3 Å². The topological polar surface area (TPSA) is 41.5 Å². The molecule has 1 saturated heterocycles. The van der Waals surface area contributed by atoms with Gasteiger partial charge >= 0.3 is 0 Å². The number of nitrogens with one attached hydrogen (secondary N) is 1. The highest BCUT2D eigenvalue weighted by Crippen LogP contribution is 2.18. The highest BCUT2D eigenvalue weighted by molar-refractivity contribution is 5.21. The van der Waals surface area contributed by atoms with E-state index < -0.39 is 17.7 Å². The van der Waals surface area contributed by atoms with E-state index in [1.807, 2.05) is 0 Å². The molecule has 1 aliphatic rings. The Morgan fingerprint density at radius 1 is 1.42 bits per heavy atom.